The minimum absolute atomic E-state index is 0.0655. The fraction of sp³-hybridized carbons (Fsp3) is 0.0833. The first kappa shape index (κ1) is 20.2. The number of carbonyl (C=O) groups excluding carboxylic acids is 2. The van der Waals surface area contributed by atoms with E-state index < -0.39 is 17.6 Å². The summed E-state index contributed by atoms with van der Waals surface area (Å²) in [5.74, 6) is -0.639. The van der Waals surface area contributed by atoms with E-state index in [1.165, 1.54) is 37.5 Å². The molecule has 1 N–H and O–H groups in total. The van der Waals surface area contributed by atoms with E-state index in [4.69, 9.17) is 9.47 Å². The van der Waals surface area contributed by atoms with Gasteiger partial charge in [-0.3, -0.25) is 15.0 Å². The summed E-state index contributed by atoms with van der Waals surface area (Å²) in [6.07, 6.45) is 1.46. The monoisotopic (exact) mass is 418 g/mol. The van der Waals surface area contributed by atoms with Gasteiger partial charge in [-0.25, -0.2) is 9.40 Å². The molecule has 1 fully saturated rings. The van der Waals surface area contributed by atoms with Crippen molar-refractivity contribution in [3.05, 3.63) is 95.3 Å². The van der Waals surface area contributed by atoms with Gasteiger partial charge in [0.2, 0.25) is 0 Å². The minimum atomic E-state index is -0.572. The van der Waals surface area contributed by atoms with Crippen LogP contribution in [0.3, 0.4) is 0 Å². The Balaban J connectivity index is 1.55. The van der Waals surface area contributed by atoms with Crippen LogP contribution in [0.4, 0.5) is 10.1 Å². The first-order valence-electron chi connectivity index (χ1n) is 9.52. The van der Waals surface area contributed by atoms with Crippen LogP contribution >= 0.6 is 0 Å². The van der Waals surface area contributed by atoms with Crippen molar-refractivity contribution in [3.8, 4) is 11.5 Å². The lowest BCUT2D eigenvalue weighted by molar-refractivity contribution is -0.117. The fourth-order valence-corrected chi connectivity index (χ4v) is 3.15. The van der Waals surface area contributed by atoms with Gasteiger partial charge in [0.05, 0.1) is 12.8 Å². The molecule has 7 heteroatoms. The van der Waals surface area contributed by atoms with Gasteiger partial charge in [-0.2, -0.15) is 0 Å². The topological polar surface area (TPSA) is 67.9 Å². The van der Waals surface area contributed by atoms with Crippen LogP contribution in [0.15, 0.2) is 78.4 Å². The Bertz CT molecular complexity index is 1160. The highest BCUT2D eigenvalue weighted by molar-refractivity contribution is 6.31. The Morgan fingerprint density at radius 3 is 2.52 bits per heavy atom. The molecule has 2 amide bonds. The largest absolute Gasteiger partial charge is 0.493 e. The average Bonchev–Trinajstić information content (AvgIpc) is 3.07. The van der Waals surface area contributed by atoms with Gasteiger partial charge in [-0.1, -0.05) is 42.5 Å². The number of carbonyl (C=O) groups is 2. The van der Waals surface area contributed by atoms with Crippen LogP contribution in [0.25, 0.3) is 6.08 Å². The molecule has 1 aliphatic rings. The van der Waals surface area contributed by atoms with E-state index in [2.05, 4.69) is 5.43 Å². The molecular formula is C24H19FN2O4. The lowest BCUT2D eigenvalue weighted by Gasteiger charge is -2.14. The van der Waals surface area contributed by atoms with Crippen molar-refractivity contribution in [1.82, 2.24) is 5.43 Å². The Kier molecular flexibility index (Phi) is 5.66. The lowest BCUT2D eigenvalue weighted by atomic mass is 10.1. The number of nitrogens with zero attached hydrogens (tertiary/aromatic N) is 1. The number of ether oxygens (including phenoxy) is 2. The Morgan fingerprint density at radius 1 is 0.968 bits per heavy atom. The number of hydrazine groups is 1. The van der Waals surface area contributed by atoms with Crippen molar-refractivity contribution in [2.75, 3.05) is 12.1 Å². The van der Waals surface area contributed by atoms with E-state index in [0.717, 1.165) is 10.6 Å². The zero-order chi connectivity index (χ0) is 21.8. The van der Waals surface area contributed by atoms with Gasteiger partial charge in [0.15, 0.2) is 11.5 Å². The van der Waals surface area contributed by atoms with E-state index in [9.17, 15) is 14.0 Å². The molecule has 0 radical (unpaired) electrons. The highest BCUT2D eigenvalue weighted by Gasteiger charge is 2.34. The molecule has 31 heavy (non-hydrogen) atoms. The third-order valence-electron chi connectivity index (χ3n) is 4.69. The zero-order valence-corrected chi connectivity index (χ0v) is 16.7. The second-order valence-corrected chi connectivity index (χ2v) is 6.80. The van der Waals surface area contributed by atoms with Gasteiger partial charge in [0.25, 0.3) is 11.8 Å². The predicted molar refractivity (Wildman–Crippen MR) is 114 cm³/mol. The van der Waals surface area contributed by atoms with Crippen molar-refractivity contribution < 1.29 is 23.5 Å². The highest BCUT2D eigenvalue weighted by atomic mass is 19.1. The lowest BCUT2D eigenvalue weighted by Crippen LogP contribution is -2.35. The molecule has 1 heterocycles. The molecule has 0 bridgehead atoms. The molecule has 4 rings (SSSR count). The molecular weight excluding hydrogens is 399 g/mol. The maximum atomic E-state index is 13.5. The Labute approximate surface area is 178 Å². The molecule has 0 atom stereocenters. The van der Waals surface area contributed by atoms with Crippen molar-refractivity contribution in [3.63, 3.8) is 0 Å². The van der Waals surface area contributed by atoms with Crippen molar-refractivity contribution >= 4 is 23.6 Å². The van der Waals surface area contributed by atoms with Crippen LogP contribution in [-0.2, 0) is 16.2 Å². The second kappa shape index (κ2) is 8.71. The number of nitrogens with one attached hydrogen (secondary N) is 1. The third-order valence-corrected chi connectivity index (χ3v) is 4.69. The first-order valence-corrected chi connectivity index (χ1v) is 9.52. The number of anilines is 1. The van der Waals surface area contributed by atoms with E-state index in [1.54, 1.807) is 18.2 Å². The molecule has 0 aliphatic carbocycles. The maximum Gasteiger partial charge on any atom is 0.282 e. The standard InChI is InChI=1S/C24H19FN2O4/c1-30-22-13-17(10-11-21(22)31-15-16-6-3-2-4-7-16)12-20-23(28)26-27(24(20)29)19-9-5-8-18(25)14-19/h2-14H,15H2,1H3,(H,26,28)/b20-12+. The number of rotatable bonds is 6. The molecule has 3 aromatic carbocycles. The summed E-state index contributed by atoms with van der Waals surface area (Å²) in [5.41, 5.74) is 4.23. The van der Waals surface area contributed by atoms with Gasteiger partial charge in [0.1, 0.15) is 18.0 Å². The molecule has 0 unspecified atom stereocenters. The molecule has 0 aromatic heterocycles. The summed E-state index contributed by atoms with van der Waals surface area (Å²) in [4.78, 5) is 25.1. The summed E-state index contributed by atoms with van der Waals surface area (Å²) < 4.78 is 24.7. The number of methoxy groups -OCH3 is 1. The molecule has 0 saturated carbocycles. The minimum Gasteiger partial charge on any atom is -0.493 e. The maximum absolute atomic E-state index is 13.5. The van der Waals surface area contributed by atoms with E-state index in [-0.39, 0.29) is 11.3 Å². The van der Waals surface area contributed by atoms with Gasteiger partial charge < -0.3 is 9.47 Å². The summed E-state index contributed by atoms with van der Waals surface area (Å²) in [7, 11) is 1.51. The molecule has 1 saturated heterocycles. The summed E-state index contributed by atoms with van der Waals surface area (Å²) >= 11 is 0. The van der Waals surface area contributed by atoms with E-state index in [1.807, 2.05) is 30.3 Å². The smallest absolute Gasteiger partial charge is 0.282 e. The van der Waals surface area contributed by atoms with Crippen LogP contribution in [0, 0.1) is 5.82 Å². The predicted octanol–water partition coefficient (Wildman–Crippen LogP) is 3.87. The van der Waals surface area contributed by atoms with Crippen LogP contribution in [0.2, 0.25) is 0 Å². The van der Waals surface area contributed by atoms with Crippen LogP contribution in [0.1, 0.15) is 11.1 Å². The van der Waals surface area contributed by atoms with Crippen LogP contribution in [-0.4, -0.2) is 18.9 Å². The SMILES string of the molecule is COc1cc(/C=C2\C(=O)NN(c3cccc(F)c3)C2=O)ccc1OCc1ccccc1. The Hall–Kier alpha value is -4.13. The van der Waals surface area contributed by atoms with Gasteiger partial charge in [0, 0.05) is 0 Å². The first-order chi connectivity index (χ1) is 15.0. The van der Waals surface area contributed by atoms with E-state index in [0.29, 0.717) is 23.7 Å². The number of hydrogen-bond donors (Lipinski definition) is 1. The van der Waals surface area contributed by atoms with Crippen LogP contribution in [0.5, 0.6) is 11.5 Å². The molecule has 0 spiro atoms. The number of halogens is 1. The average molecular weight is 418 g/mol. The highest BCUT2D eigenvalue weighted by Crippen LogP contribution is 2.30. The zero-order valence-electron chi connectivity index (χ0n) is 16.7. The number of amides is 2. The van der Waals surface area contributed by atoms with Gasteiger partial charge in [-0.15, -0.1) is 0 Å². The summed E-state index contributed by atoms with van der Waals surface area (Å²) in [6.45, 7) is 0.376. The normalized spacial score (nSPS) is 14.6. The van der Waals surface area contributed by atoms with Crippen molar-refractivity contribution in [2.24, 2.45) is 0 Å². The molecule has 3 aromatic rings. The third kappa shape index (κ3) is 4.40. The number of hydrogen-bond acceptors (Lipinski definition) is 4. The van der Waals surface area contributed by atoms with E-state index >= 15 is 0 Å². The number of benzene rings is 3. The summed E-state index contributed by atoms with van der Waals surface area (Å²) in [5, 5.41) is 1.02. The molecule has 6 nitrogen and oxygen atoms in total. The molecule has 1 aliphatic heterocycles. The fourth-order valence-electron chi connectivity index (χ4n) is 3.15. The summed E-state index contributed by atoms with van der Waals surface area (Å²) in [6, 6.07) is 20.3. The van der Waals surface area contributed by atoms with Gasteiger partial charge >= 0.3 is 0 Å². The van der Waals surface area contributed by atoms with Crippen LogP contribution < -0.4 is 19.9 Å². The quantitative estimate of drug-likeness (QED) is 0.487. The van der Waals surface area contributed by atoms with Crippen molar-refractivity contribution in [2.45, 2.75) is 6.61 Å². The molecule has 156 valence electrons. The van der Waals surface area contributed by atoms with Gasteiger partial charge in [-0.05, 0) is 47.5 Å². The second-order valence-electron chi connectivity index (χ2n) is 6.80. The Morgan fingerprint density at radius 2 is 1.77 bits per heavy atom. The van der Waals surface area contributed by atoms with Crippen molar-refractivity contribution in [1.29, 1.82) is 0 Å².